The van der Waals surface area contributed by atoms with Gasteiger partial charge in [0, 0.05) is 39.1 Å². The van der Waals surface area contributed by atoms with Crippen LogP contribution in [0.2, 0.25) is 0 Å². The quantitative estimate of drug-likeness (QED) is 0.918. The monoisotopic (exact) mass is 283 g/mol. The number of carbonyl (C=O) groups is 1. The van der Waals surface area contributed by atoms with E-state index in [0.29, 0.717) is 24.0 Å². The van der Waals surface area contributed by atoms with Crippen LogP contribution >= 0.6 is 11.3 Å². The van der Waals surface area contributed by atoms with Gasteiger partial charge in [0.25, 0.3) is 0 Å². The lowest BCUT2D eigenvalue weighted by Gasteiger charge is -2.33. The fourth-order valence-electron chi connectivity index (χ4n) is 2.52. The maximum atomic E-state index is 11.3. The first kappa shape index (κ1) is 13.0. The van der Waals surface area contributed by atoms with E-state index in [2.05, 4.69) is 4.98 Å². The molecule has 0 bridgehead atoms. The normalized spacial score (nSPS) is 22.4. The first-order chi connectivity index (χ1) is 9.16. The Labute approximate surface area is 115 Å². The highest BCUT2D eigenvalue weighted by Crippen LogP contribution is 2.46. The predicted molar refractivity (Wildman–Crippen MR) is 69.8 cm³/mol. The highest BCUT2D eigenvalue weighted by Gasteiger charge is 2.41. The maximum Gasteiger partial charge on any atom is 0.347 e. The number of aromatic nitrogens is 1. The molecule has 2 fully saturated rings. The van der Waals surface area contributed by atoms with Crippen LogP contribution in [0.25, 0.3) is 0 Å². The molecule has 5 nitrogen and oxygen atoms in total. The molecular formula is C13H17NO4S. The SMILES string of the molecule is COC1(c2nc(C3CC3)c(C(=O)O)s2)CCOCC1. The molecule has 1 N–H and O–H groups in total. The van der Waals surface area contributed by atoms with E-state index >= 15 is 0 Å². The number of carboxylic acids is 1. The van der Waals surface area contributed by atoms with E-state index in [-0.39, 0.29) is 0 Å². The summed E-state index contributed by atoms with van der Waals surface area (Å²) in [6.45, 7) is 1.27. The smallest absolute Gasteiger partial charge is 0.347 e. The van der Waals surface area contributed by atoms with E-state index in [1.807, 2.05) is 0 Å². The summed E-state index contributed by atoms with van der Waals surface area (Å²) in [4.78, 5) is 16.4. The molecule has 2 heterocycles. The summed E-state index contributed by atoms with van der Waals surface area (Å²) in [5.74, 6) is -0.534. The number of thiazole rings is 1. The van der Waals surface area contributed by atoms with Crippen LogP contribution in [-0.4, -0.2) is 36.4 Å². The van der Waals surface area contributed by atoms with Crippen LogP contribution in [0.3, 0.4) is 0 Å². The van der Waals surface area contributed by atoms with Gasteiger partial charge in [0.2, 0.25) is 0 Å². The van der Waals surface area contributed by atoms with Crippen molar-refractivity contribution < 1.29 is 19.4 Å². The van der Waals surface area contributed by atoms with Crippen LogP contribution in [0.1, 0.15) is 52.0 Å². The second kappa shape index (κ2) is 4.85. The van der Waals surface area contributed by atoms with Crippen LogP contribution < -0.4 is 0 Å². The molecule has 6 heteroatoms. The van der Waals surface area contributed by atoms with Crippen molar-refractivity contribution in [2.24, 2.45) is 0 Å². The summed E-state index contributed by atoms with van der Waals surface area (Å²) in [6.07, 6.45) is 3.57. The zero-order chi connectivity index (χ0) is 13.5. The van der Waals surface area contributed by atoms with Crippen molar-refractivity contribution in [1.29, 1.82) is 0 Å². The molecule has 104 valence electrons. The van der Waals surface area contributed by atoms with Crippen molar-refractivity contribution in [3.8, 4) is 0 Å². The summed E-state index contributed by atoms with van der Waals surface area (Å²) in [5.41, 5.74) is 0.302. The first-order valence-electron chi connectivity index (χ1n) is 6.54. The third kappa shape index (κ3) is 2.28. The molecule has 3 rings (SSSR count). The highest BCUT2D eigenvalue weighted by atomic mass is 32.1. The Hall–Kier alpha value is -0.980. The Balaban J connectivity index is 1.99. The van der Waals surface area contributed by atoms with Gasteiger partial charge in [-0.15, -0.1) is 11.3 Å². The van der Waals surface area contributed by atoms with Gasteiger partial charge < -0.3 is 14.6 Å². The third-order valence-corrected chi connectivity index (χ3v) is 5.14. The summed E-state index contributed by atoms with van der Waals surface area (Å²) < 4.78 is 11.1. The fraction of sp³-hybridized carbons (Fsp3) is 0.692. The van der Waals surface area contributed by atoms with Gasteiger partial charge in [-0.05, 0) is 12.8 Å². The minimum Gasteiger partial charge on any atom is -0.477 e. The minimum absolute atomic E-state index is 0.338. The van der Waals surface area contributed by atoms with Crippen LogP contribution in [0.15, 0.2) is 0 Å². The van der Waals surface area contributed by atoms with Gasteiger partial charge in [-0.2, -0.15) is 0 Å². The third-order valence-electron chi connectivity index (χ3n) is 3.89. The molecule has 1 saturated carbocycles. The Morgan fingerprint density at radius 3 is 2.68 bits per heavy atom. The van der Waals surface area contributed by atoms with Crippen molar-refractivity contribution in [1.82, 2.24) is 4.98 Å². The van der Waals surface area contributed by atoms with Gasteiger partial charge in [-0.1, -0.05) is 0 Å². The topological polar surface area (TPSA) is 68.7 Å². The number of aromatic carboxylic acids is 1. The zero-order valence-corrected chi connectivity index (χ0v) is 11.7. The lowest BCUT2D eigenvalue weighted by Crippen LogP contribution is -2.35. The maximum absolute atomic E-state index is 11.3. The molecular weight excluding hydrogens is 266 g/mol. The Morgan fingerprint density at radius 2 is 2.16 bits per heavy atom. The van der Waals surface area contributed by atoms with E-state index in [9.17, 15) is 9.90 Å². The number of methoxy groups -OCH3 is 1. The number of rotatable bonds is 4. The average molecular weight is 283 g/mol. The molecule has 0 spiro atoms. The summed E-state index contributed by atoms with van der Waals surface area (Å²) >= 11 is 1.27. The van der Waals surface area contributed by atoms with Gasteiger partial charge in [0.1, 0.15) is 15.5 Å². The molecule has 1 aliphatic heterocycles. The van der Waals surface area contributed by atoms with Crippen molar-refractivity contribution in [3.05, 3.63) is 15.6 Å². The van der Waals surface area contributed by atoms with Gasteiger partial charge in [-0.25, -0.2) is 9.78 Å². The standard InChI is InChI=1S/C13H17NO4S/c1-17-13(4-6-18-7-5-13)12-14-9(8-2-3-8)10(19-12)11(15)16/h8H,2-7H2,1H3,(H,15,16). The number of ether oxygens (including phenoxy) is 2. The molecule has 1 aliphatic carbocycles. The predicted octanol–water partition coefficient (Wildman–Crippen LogP) is 2.37. The van der Waals surface area contributed by atoms with Crippen LogP contribution in [0.4, 0.5) is 0 Å². The molecule has 0 atom stereocenters. The van der Waals surface area contributed by atoms with E-state index in [1.165, 1.54) is 11.3 Å². The largest absolute Gasteiger partial charge is 0.477 e. The zero-order valence-electron chi connectivity index (χ0n) is 10.8. The number of hydrogen-bond acceptors (Lipinski definition) is 5. The molecule has 0 aromatic carbocycles. The molecule has 0 amide bonds. The van der Waals surface area contributed by atoms with Gasteiger partial charge in [-0.3, -0.25) is 0 Å². The Bertz CT molecular complexity index is 489. The van der Waals surface area contributed by atoms with Crippen LogP contribution in [0.5, 0.6) is 0 Å². The van der Waals surface area contributed by atoms with E-state index in [0.717, 1.165) is 36.4 Å². The van der Waals surface area contributed by atoms with Crippen molar-refractivity contribution >= 4 is 17.3 Å². The summed E-state index contributed by atoms with van der Waals surface area (Å²) in [6, 6.07) is 0. The molecule has 2 aliphatic rings. The molecule has 1 aromatic heterocycles. The van der Waals surface area contributed by atoms with Crippen LogP contribution in [0, 0.1) is 0 Å². The lowest BCUT2D eigenvalue weighted by atomic mass is 9.95. The first-order valence-corrected chi connectivity index (χ1v) is 7.35. The molecule has 19 heavy (non-hydrogen) atoms. The number of carboxylic acid groups (broad SMARTS) is 1. The number of hydrogen-bond donors (Lipinski definition) is 1. The van der Waals surface area contributed by atoms with Gasteiger partial charge in [0.15, 0.2) is 0 Å². The second-order valence-corrected chi connectivity index (χ2v) is 6.12. The molecule has 1 aromatic rings. The molecule has 0 unspecified atom stereocenters. The van der Waals surface area contributed by atoms with E-state index in [4.69, 9.17) is 9.47 Å². The van der Waals surface area contributed by atoms with Gasteiger partial charge >= 0.3 is 5.97 Å². The second-order valence-electron chi connectivity index (χ2n) is 5.12. The summed E-state index contributed by atoms with van der Waals surface area (Å²) in [5, 5.41) is 10.1. The van der Waals surface area contributed by atoms with Crippen LogP contribution in [-0.2, 0) is 15.1 Å². The van der Waals surface area contributed by atoms with Crippen molar-refractivity contribution in [2.75, 3.05) is 20.3 Å². The van der Waals surface area contributed by atoms with Crippen molar-refractivity contribution in [2.45, 2.75) is 37.2 Å². The van der Waals surface area contributed by atoms with E-state index < -0.39 is 11.6 Å². The summed E-state index contributed by atoms with van der Waals surface area (Å²) in [7, 11) is 1.67. The molecule has 1 saturated heterocycles. The Kier molecular flexibility index (Phi) is 3.32. The fourth-order valence-corrected chi connectivity index (χ4v) is 3.73. The minimum atomic E-state index is -0.871. The Morgan fingerprint density at radius 1 is 1.47 bits per heavy atom. The van der Waals surface area contributed by atoms with E-state index in [1.54, 1.807) is 7.11 Å². The molecule has 0 radical (unpaired) electrons. The van der Waals surface area contributed by atoms with Gasteiger partial charge in [0.05, 0.1) is 5.69 Å². The lowest BCUT2D eigenvalue weighted by molar-refractivity contribution is -0.0948. The van der Waals surface area contributed by atoms with Crippen molar-refractivity contribution in [3.63, 3.8) is 0 Å². The number of nitrogens with zero attached hydrogens (tertiary/aromatic N) is 1. The highest BCUT2D eigenvalue weighted by molar-refractivity contribution is 7.13. The average Bonchev–Trinajstić information content (AvgIpc) is 3.17.